The second-order valence-corrected chi connectivity index (χ2v) is 12.0. The number of rotatable bonds is 12. The SMILES string of the molecule is CC[C@H](C(=O)NC1CCCCC1)N(Cc1cccc(OC)c1)C(=O)CN(c1ccccc1F)S(=O)(=O)N(C)C. The number of carbonyl (C=O) groups excluding carboxylic acids is 2. The van der Waals surface area contributed by atoms with Crippen molar-refractivity contribution < 1.29 is 27.1 Å². The predicted molar refractivity (Wildman–Crippen MR) is 149 cm³/mol. The molecule has 1 atom stereocenters. The van der Waals surface area contributed by atoms with Gasteiger partial charge in [-0.1, -0.05) is 50.5 Å². The molecule has 11 heteroatoms. The van der Waals surface area contributed by atoms with Gasteiger partial charge in [-0.15, -0.1) is 0 Å². The summed E-state index contributed by atoms with van der Waals surface area (Å²) in [6.07, 6.45) is 5.29. The number of carbonyl (C=O) groups is 2. The van der Waals surface area contributed by atoms with Crippen LogP contribution in [0.4, 0.5) is 10.1 Å². The molecule has 2 amide bonds. The van der Waals surface area contributed by atoms with E-state index >= 15 is 0 Å². The molecule has 0 heterocycles. The highest BCUT2D eigenvalue weighted by atomic mass is 32.2. The molecule has 3 rings (SSSR count). The number of halogens is 1. The number of anilines is 1. The Morgan fingerprint density at radius 1 is 1.08 bits per heavy atom. The fourth-order valence-electron chi connectivity index (χ4n) is 4.79. The van der Waals surface area contributed by atoms with Crippen LogP contribution in [0, 0.1) is 5.82 Å². The van der Waals surface area contributed by atoms with Crippen molar-refractivity contribution in [2.75, 3.05) is 32.1 Å². The first kappa shape index (κ1) is 30.4. The summed E-state index contributed by atoms with van der Waals surface area (Å²) in [6.45, 7) is 1.17. The smallest absolute Gasteiger partial charge is 0.304 e. The highest BCUT2D eigenvalue weighted by Crippen LogP contribution is 2.25. The quantitative estimate of drug-likeness (QED) is 0.425. The van der Waals surface area contributed by atoms with Gasteiger partial charge in [0.05, 0.1) is 12.8 Å². The zero-order valence-corrected chi connectivity index (χ0v) is 23.9. The standard InChI is InChI=1S/C28H39FN4O5S/c1-5-25(28(35)30-22-13-7-6-8-14-22)32(19-21-12-11-15-23(18-21)38-4)27(34)20-33(39(36,37)31(2)3)26-17-10-9-16-24(26)29/h9-12,15-18,22,25H,5-8,13-14,19-20H2,1-4H3,(H,30,35)/t25-/m1/s1. The molecule has 2 aromatic carbocycles. The third-order valence-electron chi connectivity index (χ3n) is 6.96. The van der Waals surface area contributed by atoms with Gasteiger partial charge < -0.3 is 15.0 Å². The first-order valence-electron chi connectivity index (χ1n) is 13.3. The maximum atomic E-state index is 14.8. The van der Waals surface area contributed by atoms with E-state index in [2.05, 4.69) is 5.32 Å². The maximum Gasteiger partial charge on any atom is 0.304 e. The van der Waals surface area contributed by atoms with E-state index in [1.165, 1.54) is 44.3 Å². The van der Waals surface area contributed by atoms with Crippen molar-refractivity contribution in [1.82, 2.24) is 14.5 Å². The number of nitrogens with zero attached hydrogens (tertiary/aromatic N) is 3. The predicted octanol–water partition coefficient (Wildman–Crippen LogP) is 3.70. The van der Waals surface area contributed by atoms with Gasteiger partial charge in [-0.25, -0.2) is 8.70 Å². The highest BCUT2D eigenvalue weighted by Gasteiger charge is 2.35. The third-order valence-corrected chi connectivity index (χ3v) is 8.77. The van der Waals surface area contributed by atoms with Crippen molar-refractivity contribution >= 4 is 27.7 Å². The molecule has 39 heavy (non-hydrogen) atoms. The highest BCUT2D eigenvalue weighted by molar-refractivity contribution is 7.90. The van der Waals surface area contributed by atoms with Gasteiger partial charge in [0.2, 0.25) is 11.8 Å². The number of nitrogens with one attached hydrogen (secondary N) is 1. The molecular formula is C28H39FN4O5S. The van der Waals surface area contributed by atoms with Crippen LogP contribution in [-0.4, -0.2) is 69.3 Å². The zero-order valence-electron chi connectivity index (χ0n) is 23.1. The summed E-state index contributed by atoms with van der Waals surface area (Å²) >= 11 is 0. The summed E-state index contributed by atoms with van der Waals surface area (Å²) in [6, 6.07) is 11.7. The van der Waals surface area contributed by atoms with E-state index in [9.17, 15) is 22.4 Å². The van der Waals surface area contributed by atoms with Crippen molar-refractivity contribution in [1.29, 1.82) is 0 Å². The molecule has 0 radical (unpaired) electrons. The zero-order chi connectivity index (χ0) is 28.6. The Kier molecular flexibility index (Phi) is 10.7. The average molecular weight is 563 g/mol. The number of methoxy groups -OCH3 is 1. The lowest BCUT2D eigenvalue weighted by Crippen LogP contribution is -2.54. The summed E-state index contributed by atoms with van der Waals surface area (Å²) in [5, 5.41) is 3.10. The van der Waals surface area contributed by atoms with E-state index < -0.39 is 34.5 Å². The first-order chi connectivity index (χ1) is 18.6. The van der Waals surface area contributed by atoms with Crippen molar-refractivity contribution in [3.63, 3.8) is 0 Å². The minimum Gasteiger partial charge on any atom is -0.497 e. The molecule has 9 nitrogen and oxygen atoms in total. The number of hydrogen-bond acceptors (Lipinski definition) is 5. The Morgan fingerprint density at radius 2 is 1.77 bits per heavy atom. The lowest BCUT2D eigenvalue weighted by molar-refractivity contribution is -0.140. The van der Waals surface area contributed by atoms with Crippen LogP contribution in [0.15, 0.2) is 48.5 Å². The van der Waals surface area contributed by atoms with Crippen LogP contribution in [0.5, 0.6) is 5.75 Å². The fourth-order valence-corrected chi connectivity index (χ4v) is 5.85. The molecule has 0 unspecified atom stereocenters. The number of para-hydroxylation sites is 1. The molecule has 0 spiro atoms. The van der Waals surface area contributed by atoms with Gasteiger partial charge in [0.1, 0.15) is 24.2 Å². The van der Waals surface area contributed by atoms with Crippen molar-refractivity contribution in [2.45, 2.75) is 64.1 Å². The van der Waals surface area contributed by atoms with Gasteiger partial charge in [-0.2, -0.15) is 12.7 Å². The molecule has 1 saturated carbocycles. The van der Waals surface area contributed by atoms with E-state index in [1.807, 2.05) is 6.92 Å². The Labute approximate surface area is 231 Å². The molecule has 1 aliphatic rings. The third kappa shape index (κ3) is 7.69. The number of amides is 2. The van der Waals surface area contributed by atoms with E-state index in [0.717, 1.165) is 46.8 Å². The van der Waals surface area contributed by atoms with Crippen LogP contribution >= 0.6 is 0 Å². The average Bonchev–Trinajstić information content (AvgIpc) is 2.92. The van der Waals surface area contributed by atoms with Gasteiger partial charge in [-0.05, 0) is 49.1 Å². The monoisotopic (exact) mass is 562 g/mol. The number of benzene rings is 2. The normalized spacial score (nSPS) is 15.0. The second-order valence-electron chi connectivity index (χ2n) is 9.89. The molecule has 1 N–H and O–H groups in total. The van der Waals surface area contributed by atoms with Gasteiger partial charge in [-0.3, -0.25) is 9.59 Å². The molecule has 0 saturated heterocycles. The summed E-state index contributed by atoms with van der Waals surface area (Å²) in [5.74, 6) is -1.11. The van der Waals surface area contributed by atoms with Gasteiger partial charge in [0.25, 0.3) is 0 Å². The van der Waals surface area contributed by atoms with Crippen molar-refractivity contribution in [3.05, 3.63) is 59.9 Å². The van der Waals surface area contributed by atoms with Gasteiger partial charge in [0, 0.05) is 26.7 Å². The molecule has 0 aromatic heterocycles. The van der Waals surface area contributed by atoms with Crippen LogP contribution in [0.25, 0.3) is 0 Å². The largest absolute Gasteiger partial charge is 0.497 e. The van der Waals surface area contributed by atoms with E-state index in [0.29, 0.717) is 17.7 Å². The van der Waals surface area contributed by atoms with Crippen LogP contribution in [0.2, 0.25) is 0 Å². The van der Waals surface area contributed by atoms with E-state index in [1.54, 1.807) is 24.3 Å². The number of ether oxygens (including phenoxy) is 1. The molecule has 1 fully saturated rings. The molecule has 0 aliphatic heterocycles. The first-order valence-corrected chi connectivity index (χ1v) is 14.7. The maximum absolute atomic E-state index is 14.8. The van der Waals surface area contributed by atoms with Gasteiger partial charge >= 0.3 is 10.2 Å². The Hall–Kier alpha value is -3.18. The summed E-state index contributed by atoms with van der Waals surface area (Å²) in [7, 11) is -0.0815. The minimum atomic E-state index is -4.24. The Morgan fingerprint density at radius 3 is 2.38 bits per heavy atom. The van der Waals surface area contributed by atoms with Crippen LogP contribution in [0.1, 0.15) is 51.0 Å². The van der Waals surface area contributed by atoms with Crippen LogP contribution < -0.4 is 14.4 Å². The summed E-state index contributed by atoms with van der Waals surface area (Å²) in [4.78, 5) is 28.8. The van der Waals surface area contributed by atoms with E-state index in [-0.39, 0.29) is 24.2 Å². The fraction of sp³-hybridized carbons (Fsp3) is 0.500. The summed E-state index contributed by atoms with van der Waals surface area (Å²) < 4.78 is 48.3. The lowest BCUT2D eigenvalue weighted by Gasteiger charge is -2.35. The summed E-state index contributed by atoms with van der Waals surface area (Å²) in [5.41, 5.74) is 0.458. The minimum absolute atomic E-state index is 0.0399. The molecule has 1 aliphatic carbocycles. The Balaban J connectivity index is 1.98. The van der Waals surface area contributed by atoms with Crippen LogP contribution in [-0.2, 0) is 26.3 Å². The van der Waals surface area contributed by atoms with Gasteiger partial charge in [0.15, 0.2) is 0 Å². The second kappa shape index (κ2) is 13.7. The van der Waals surface area contributed by atoms with E-state index in [4.69, 9.17) is 4.74 Å². The van der Waals surface area contributed by atoms with Crippen molar-refractivity contribution in [3.8, 4) is 5.75 Å². The lowest BCUT2D eigenvalue weighted by atomic mass is 9.95. The van der Waals surface area contributed by atoms with Crippen molar-refractivity contribution in [2.24, 2.45) is 0 Å². The molecular weight excluding hydrogens is 523 g/mol. The molecule has 214 valence electrons. The number of hydrogen-bond donors (Lipinski definition) is 1. The Bertz CT molecular complexity index is 1230. The van der Waals surface area contributed by atoms with Crippen LogP contribution in [0.3, 0.4) is 0 Å². The molecule has 2 aromatic rings. The molecule has 0 bridgehead atoms. The topological polar surface area (TPSA) is 99.3 Å².